The Kier molecular flexibility index (Phi) is 6.11. The van der Waals surface area contributed by atoms with Gasteiger partial charge in [-0.2, -0.15) is 0 Å². The largest absolute Gasteiger partial charge is 0.386 e. The second-order valence-electron chi connectivity index (χ2n) is 4.40. The summed E-state index contributed by atoms with van der Waals surface area (Å²) in [6.45, 7) is 4.27. The highest BCUT2D eigenvalue weighted by Gasteiger charge is 2.17. The van der Waals surface area contributed by atoms with Gasteiger partial charge in [-0.05, 0) is 34.9 Å². The predicted molar refractivity (Wildman–Crippen MR) is 72.7 cm³/mol. The Hall–Kier alpha value is -1.65. The van der Waals surface area contributed by atoms with Gasteiger partial charge >= 0.3 is 5.82 Å². The van der Waals surface area contributed by atoms with Crippen LogP contribution in [0.15, 0.2) is 18.3 Å². The van der Waals surface area contributed by atoms with Crippen LogP contribution < -0.4 is 5.32 Å². The number of hydrogen-bond acceptors (Lipinski definition) is 4. The van der Waals surface area contributed by atoms with Crippen LogP contribution in [-0.4, -0.2) is 15.9 Å². The summed E-state index contributed by atoms with van der Waals surface area (Å²) in [4.78, 5) is 14.2. The predicted octanol–water partition coefficient (Wildman–Crippen LogP) is 3.76. The van der Waals surface area contributed by atoms with Crippen LogP contribution >= 0.6 is 0 Å². The Morgan fingerprint density at radius 1 is 1.39 bits per heavy atom. The van der Waals surface area contributed by atoms with E-state index < -0.39 is 4.92 Å². The summed E-state index contributed by atoms with van der Waals surface area (Å²) in [7, 11) is 0. The molecule has 0 amide bonds. The topological polar surface area (TPSA) is 68.1 Å². The Bertz CT molecular complexity index is 382. The molecular formula is C13H21N3O2. The lowest BCUT2D eigenvalue weighted by Gasteiger charge is -2.18. The summed E-state index contributed by atoms with van der Waals surface area (Å²) in [5.74, 6) is -0.0879. The van der Waals surface area contributed by atoms with Crippen molar-refractivity contribution in [2.24, 2.45) is 0 Å². The van der Waals surface area contributed by atoms with Crippen LogP contribution in [0.4, 0.5) is 11.5 Å². The van der Waals surface area contributed by atoms with Gasteiger partial charge < -0.3 is 15.4 Å². The van der Waals surface area contributed by atoms with E-state index in [1.165, 1.54) is 6.20 Å². The van der Waals surface area contributed by atoms with Gasteiger partial charge in [0.25, 0.3) is 0 Å². The Balaban J connectivity index is 2.76. The maximum atomic E-state index is 10.9. The number of nitro groups is 1. The average Bonchev–Trinajstić information content (AvgIpc) is 2.36. The molecule has 0 fully saturated rings. The summed E-state index contributed by atoms with van der Waals surface area (Å²) < 4.78 is 0. The minimum absolute atomic E-state index is 0.0879. The molecule has 5 nitrogen and oxygen atoms in total. The van der Waals surface area contributed by atoms with Crippen LogP contribution in [0.1, 0.15) is 46.0 Å². The molecule has 0 aliphatic carbocycles. The lowest BCUT2D eigenvalue weighted by Crippen LogP contribution is -2.20. The highest BCUT2D eigenvalue weighted by molar-refractivity contribution is 5.57. The molecule has 0 saturated carbocycles. The third-order valence-corrected chi connectivity index (χ3v) is 2.86. The lowest BCUT2D eigenvalue weighted by molar-refractivity contribution is -0.388. The number of aromatic nitrogens is 1. The summed E-state index contributed by atoms with van der Waals surface area (Å²) in [6, 6.07) is 3.73. The molecule has 100 valence electrons. The van der Waals surface area contributed by atoms with Crippen LogP contribution in [0, 0.1) is 10.1 Å². The number of unbranched alkanes of at least 4 members (excludes halogenated alkanes) is 1. The van der Waals surface area contributed by atoms with Crippen molar-refractivity contribution in [2.45, 2.75) is 52.0 Å². The average molecular weight is 251 g/mol. The van der Waals surface area contributed by atoms with Gasteiger partial charge in [-0.3, -0.25) is 0 Å². The molecule has 1 aromatic rings. The molecule has 1 unspecified atom stereocenters. The van der Waals surface area contributed by atoms with Gasteiger partial charge in [-0.15, -0.1) is 0 Å². The van der Waals surface area contributed by atoms with E-state index in [1.54, 1.807) is 12.1 Å². The fourth-order valence-corrected chi connectivity index (χ4v) is 1.96. The minimum atomic E-state index is -0.439. The molecule has 0 radical (unpaired) electrons. The van der Waals surface area contributed by atoms with E-state index in [0.717, 1.165) is 32.1 Å². The molecule has 0 aliphatic rings. The molecule has 5 heteroatoms. The number of nitrogens with one attached hydrogen (secondary N) is 1. The smallest absolute Gasteiger partial charge is 0.375 e. The molecule has 1 rings (SSSR count). The first kappa shape index (κ1) is 14.4. The lowest BCUT2D eigenvalue weighted by atomic mass is 10.0. The van der Waals surface area contributed by atoms with Gasteiger partial charge in [0.1, 0.15) is 11.9 Å². The normalized spacial score (nSPS) is 12.1. The van der Waals surface area contributed by atoms with E-state index >= 15 is 0 Å². The third-order valence-electron chi connectivity index (χ3n) is 2.86. The number of nitrogens with zero attached hydrogens (tertiary/aromatic N) is 2. The molecule has 0 aromatic carbocycles. The standard InChI is InChI=1S/C13H21N3O2/c1-3-5-8-11(7-4-2)15-12-9-6-10-14-13(12)16(17)18/h6,9-11,15H,3-5,7-8H2,1-2H3. The van der Waals surface area contributed by atoms with Crippen molar-refractivity contribution in [2.75, 3.05) is 5.32 Å². The first-order chi connectivity index (χ1) is 8.69. The Labute approximate surface area is 108 Å². The molecule has 1 atom stereocenters. The molecule has 0 saturated heterocycles. The van der Waals surface area contributed by atoms with E-state index in [-0.39, 0.29) is 11.9 Å². The fraction of sp³-hybridized carbons (Fsp3) is 0.615. The van der Waals surface area contributed by atoms with E-state index in [1.807, 2.05) is 0 Å². The Morgan fingerprint density at radius 2 is 2.17 bits per heavy atom. The molecule has 0 bridgehead atoms. The van der Waals surface area contributed by atoms with Crippen LogP contribution in [-0.2, 0) is 0 Å². The number of rotatable bonds is 8. The maximum Gasteiger partial charge on any atom is 0.386 e. The first-order valence-electron chi connectivity index (χ1n) is 6.55. The van der Waals surface area contributed by atoms with Crippen LogP contribution in [0.3, 0.4) is 0 Å². The van der Waals surface area contributed by atoms with Crippen molar-refractivity contribution in [3.8, 4) is 0 Å². The van der Waals surface area contributed by atoms with Gasteiger partial charge in [0.05, 0.1) is 0 Å². The molecular weight excluding hydrogens is 230 g/mol. The maximum absolute atomic E-state index is 10.9. The van der Waals surface area contributed by atoms with Crippen LogP contribution in [0.5, 0.6) is 0 Å². The minimum Gasteiger partial charge on any atom is -0.375 e. The van der Waals surface area contributed by atoms with Gasteiger partial charge in [-0.1, -0.05) is 33.1 Å². The molecule has 0 spiro atoms. The Morgan fingerprint density at radius 3 is 2.78 bits per heavy atom. The van der Waals surface area contributed by atoms with Crippen molar-refractivity contribution in [1.29, 1.82) is 0 Å². The summed E-state index contributed by atoms with van der Waals surface area (Å²) in [5.41, 5.74) is 0.525. The van der Waals surface area contributed by atoms with Gasteiger partial charge in [0.2, 0.25) is 0 Å². The third kappa shape index (κ3) is 4.31. The quantitative estimate of drug-likeness (QED) is 0.564. The summed E-state index contributed by atoms with van der Waals surface area (Å²) >= 11 is 0. The monoisotopic (exact) mass is 251 g/mol. The van der Waals surface area contributed by atoms with Crippen molar-refractivity contribution >= 4 is 11.5 Å². The van der Waals surface area contributed by atoms with E-state index in [4.69, 9.17) is 0 Å². The summed E-state index contributed by atoms with van der Waals surface area (Å²) in [5, 5.41) is 14.1. The summed E-state index contributed by atoms with van der Waals surface area (Å²) in [6.07, 6.45) is 6.84. The molecule has 1 N–H and O–H groups in total. The fourth-order valence-electron chi connectivity index (χ4n) is 1.96. The van der Waals surface area contributed by atoms with Crippen LogP contribution in [0.25, 0.3) is 0 Å². The van der Waals surface area contributed by atoms with E-state index in [9.17, 15) is 10.1 Å². The molecule has 0 aliphatic heterocycles. The van der Waals surface area contributed by atoms with Crippen molar-refractivity contribution in [3.63, 3.8) is 0 Å². The number of hydrogen-bond donors (Lipinski definition) is 1. The molecule has 18 heavy (non-hydrogen) atoms. The molecule has 1 aromatic heterocycles. The first-order valence-corrected chi connectivity index (χ1v) is 6.55. The SMILES string of the molecule is CCCCC(CCC)Nc1cccnc1[N+](=O)[O-]. The highest BCUT2D eigenvalue weighted by atomic mass is 16.6. The van der Waals surface area contributed by atoms with Gasteiger partial charge in [0.15, 0.2) is 0 Å². The van der Waals surface area contributed by atoms with E-state index in [2.05, 4.69) is 24.1 Å². The van der Waals surface area contributed by atoms with Gasteiger partial charge in [0, 0.05) is 6.04 Å². The van der Waals surface area contributed by atoms with Gasteiger partial charge in [-0.25, -0.2) is 0 Å². The van der Waals surface area contributed by atoms with Crippen molar-refractivity contribution < 1.29 is 4.92 Å². The van der Waals surface area contributed by atoms with Crippen molar-refractivity contribution in [3.05, 3.63) is 28.4 Å². The zero-order chi connectivity index (χ0) is 13.4. The zero-order valence-corrected chi connectivity index (χ0v) is 11.1. The van der Waals surface area contributed by atoms with Crippen molar-refractivity contribution in [1.82, 2.24) is 4.98 Å². The van der Waals surface area contributed by atoms with Crippen LogP contribution in [0.2, 0.25) is 0 Å². The second-order valence-corrected chi connectivity index (χ2v) is 4.40. The molecule has 1 heterocycles. The number of pyridine rings is 1. The second kappa shape index (κ2) is 7.63. The zero-order valence-electron chi connectivity index (χ0n) is 11.1. The number of anilines is 1. The van der Waals surface area contributed by atoms with E-state index in [0.29, 0.717) is 5.69 Å². The highest BCUT2D eigenvalue weighted by Crippen LogP contribution is 2.23.